The van der Waals surface area contributed by atoms with Crippen LogP contribution in [0.25, 0.3) is 0 Å². The number of benzene rings is 3. The Morgan fingerprint density at radius 3 is 2.18 bits per heavy atom. The zero-order chi connectivity index (χ0) is 24.5. The number of nitrogens with zero attached hydrogens (tertiary/aromatic N) is 1. The van der Waals surface area contributed by atoms with E-state index < -0.39 is 10.0 Å². The number of sulfonamides is 1. The van der Waals surface area contributed by atoms with E-state index in [9.17, 15) is 8.42 Å². The van der Waals surface area contributed by atoms with Crippen molar-refractivity contribution in [2.75, 3.05) is 18.0 Å². The first-order chi connectivity index (χ1) is 16.1. The van der Waals surface area contributed by atoms with Crippen LogP contribution < -0.4 is 9.62 Å². The van der Waals surface area contributed by atoms with E-state index in [2.05, 4.69) is 9.62 Å². The Balaban J connectivity index is 1.55. The Labute approximate surface area is 224 Å². The first kappa shape index (κ1) is 25.9. The van der Waals surface area contributed by atoms with Crippen molar-refractivity contribution in [3.63, 3.8) is 0 Å². The van der Waals surface area contributed by atoms with Gasteiger partial charge in [-0.2, -0.15) is 0 Å². The van der Waals surface area contributed by atoms with Gasteiger partial charge in [0.15, 0.2) is 0 Å². The quantitative estimate of drug-likeness (QED) is 0.324. The van der Waals surface area contributed by atoms with Crippen molar-refractivity contribution in [2.24, 2.45) is 5.92 Å². The summed E-state index contributed by atoms with van der Waals surface area (Å²) in [5.74, 6) is 0.0792. The van der Waals surface area contributed by atoms with Gasteiger partial charge in [0, 0.05) is 33.8 Å². The average Bonchev–Trinajstić information content (AvgIpc) is 2.80. The van der Waals surface area contributed by atoms with Gasteiger partial charge < -0.3 is 4.90 Å². The molecule has 2 atom stereocenters. The molecule has 3 aromatic carbocycles. The van der Waals surface area contributed by atoms with E-state index in [0.29, 0.717) is 26.6 Å². The minimum Gasteiger partial charge on any atom is -0.364 e. The third kappa shape index (κ3) is 5.96. The van der Waals surface area contributed by atoms with Gasteiger partial charge in [0.05, 0.1) is 21.0 Å². The molecular formula is C24H21Cl5N2O2S. The molecule has 2 unspecified atom stereocenters. The summed E-state index contributed by atoms with van der Waals surface area (Å²) < 4.78 is 28.4. The molecule has 4 rings (SSSR count). The highest BCUT2D eigenvalue weighted by molar-refractivity contribution is 7.89. The Hall–Kier alpha value is -1.18. The van der Waals surface area contributed by atoms with E-state index in [-0.39, 0.29) is 28.4 Å². The van der Waals surface area contributed by atoms with Crippen molar-refractivity contribution in [3.8, 4) is 0 Å². The van der Waals surface area contributed by atoms with Crippen molar-refractivity contribution in [2.45, 2.75) is 23.8 Å². The molecule has 0 amide bonds. The lowest BCUT2D eigenvalue weighted by Crippen LogP contribution is -2.42. The van der Waals surface area contributed by atoms with Crippen LogP contribution >= 0.6 is 58.0 Å². The fourth-order valence-electron chi connectivity index (χ4n) is 4.18. The molecule has 0 spiro atoms. The Bertz CT molecular complexity index is 1290. The van der Waals surface area contributed by atoms with Crippen molar-refractivity contribution >= 4 is 73.7 Å². The molecule has 1 saturated heterocycles. The van der Waals surface area contributed by atoms with Gasteiger partial charge in [-0.05, 0) is 78.9 Å². The molecule has 0 aliphatic carbocycles. The number of nitrogens with one attached hydrogen (secondary N) is 1. The second-order valence-electron chi connectivity index (χ2n) is 8.18. The fourth-order valence-corrected chi connectivity index (χ4v) is 6.35. The van der Waals surface area contributed by atoms with E-state index in [1.54, 1.807) is 6.07 Å². The highest BCUT2D eigenvalue weighted by atomic mass is 35.5. The lowest BCUT2D eigenvalue weighted by atomic mass is 9.88. The van der Waals surface area contributed by atoms with Crippen molar-refractivity contribution in [1.82, 2.24) is 4.72 Å². The molecule has 1 N–H and O–H groups in total. The summed E-state index contributed by atoms with van der Waals surface area (Å²) in [4.78, 5) is 2.32. The SMILES string of the molecule is O=S(=O)(NCC1CCC(c2ccc(Cl)cc2Cl)N(c2ccc(Cl)cc2)C1)c1ccc(Cl)c(Cl)c1. The van der Waals surface area contributed by atoms with E-state index >= 15 is 0 Å². The highest BCUT2D eigenvalue weighted by Gasteiger charge is 2.31. The molecule has 10 heteroatoms. The van der Waals surface area contributed by atoms with Gasteiger partial charge in [0.25, 0.3) is 0 Å². The van der Waals surface area contributed by atoms with E-state index in [0.717, 1.165) is 24.1 Å². The van der Waals surface area contributed by atoms with Gasteiger partial charge in [-0.25, -0.2) is 13.1 Å². The second kappa shape index (κ2) is 10.8. The molecule has 1 heterocycles. The van der Waals surface area contributed by atoms with Gasteiger partial charge in [-0.3, -0.25) is 0 Å². The average molecular weight is 579 g/mol. The molecule has 1 fully saturated rings. The molecule has 0 bridgehead atoms. The molecule has 180 valence electrons. The topological polar surface area (TPSA) is 49.4 Å². The van der Waals surface area contributed by atoms with Gasteiger partial charge >= 0.3 is 0 Å². The van der Waals surface area contributed by atoms with Gasteiger partial charge in [0.1, 0.15) is 0 Å². The molecule has 1 aliphatic rings. The number of piperidine rings is 1. The largest absolute Gasteiger partial charge is 0.364 e. The minimum atomic E-state index is -3.73. The number of hydrogen-bond donors (Lipinski definition) is 1. The van der Waals surface area contributed by atoms with Crippen LogP contribution in [0.3, 0.4) is 0 Å². The van der Waals surface area contributed by atoms with Crippen LogP contribution in [0.2, 0.25) is 25.1 Å². The molecule has 0 saturated carbocycles. The van der Waals surface area contributed by atoms with Crippen LogP contribution in [0.15, 0.2) is 65.6 Å². The molecular weight excluding hydrogens is 558 g/mol. The summed E-state index contributed by atoms with van der Waals surface area (Å²) in [5, 5.41) is 2.33. The first-order valence-electron chi connectivity index (χ1n) is 10.6. The van der Waals surface area contributed by atoms with E-state index in [4.69, 9.17) is 58.0 Å². The molecule has 1 aliphatic heterocycles. The third-order valence-corrected chi connectivity index (χ3v) is 8.90. The summed E-state index contributed by atoms with van der Waals surface area (Å²) in [6, 6.07) is 17.4. The molecule has 4 nitrogen and oxygen atoms in total. The van der Waals surface area contributed by atoms with Crippen LogP contribution in [0.1, 0.15) is 24.4 Å². The number of rotatable bonds is 6. The summed E-state index contributed by atoms with van der Waals surface area (Å²) >= 11 is 30.7. The standard InChI is InChI=1S/C24H21Cl5N2O2S/c25-16-2-5-18(6-3-16)31-14-15(1-10-24(31)20-8-4-17(26)11-22(20)28)13-30-34(32,33)19-7-9-21(27)23(29)12-19/h2-9,11-12,15,24,30H,1,10,13-14H2. The normalized spacial score (nSPS) is 18.8. The zero-order valence-electron chi connectivity index (χ0n) is 17.8. The predicted octanol–water partition coefficient (Wildman–Crippen LogP) is 7.89. The molecule has 3 aromatic rings. The fraction of sp³-hybridized carbons (Fsp3) is 0.250. The van der Waals surface area contributed by atoms with Crippen LogP contribution in [-0.2, 0) is 10.0 Å². The minimum absolute atomic E-state index is 0.0221. The second-order valence-corrected chi connectivity index (χ2v) is 12.0. The van der Waals surface area contributed by atoms with Gasteiger partial charge in [-0.1, -0.05) is 64.1 Å². The van der Waals surface area contributed by atoms with Gasteiger partial charge in [-0.15, -0.1) is 0 Å². The van der Waals surface area contributed by atoms with Crippen LogP contribution in [0.4, 0.5) is 5.69 Å². The summed E-state index contributed by atoms with van der Waals surface area (Å²) in [6.45, 7) is 0.920. The molecule has 0 radical (unpaired) electrons. The summed E-state index contributed by atoms with van der Waals surface area (Å²) in [7, 11) is -3.73. The van der Waals surface area contributed by atoms with E-state index in [1.807, 2.05) is 36.4 Å². The lowest BCUT2D eigenvalue weighted by Gasteiger charge is -2.42. The summed E-state index contributed by atoms with van der Waals surface area (Å²) in [6.07, 6.45) is 1.61. The maximum atomic E-state index is 12.8. The summed E-state index contributed by atoms with van der Waals surface area (Å²) in [5.41, 5.74) is 1.97. The molecule has 0 aromatic heterocycles. The van der Waals surface area contributed by atoms with E-state index in [1.165, 1.54) is 18.2 Å². The van der Waals surface area contributed by atoms with Crippen molar-refractivity contribution in [3.05, 3.63) is 91.3 Å². The Morgan fingerprint density at radius 1 is 0.794 bits per heavy atom. The van der Waals surface area contributed by atoms with Crippen LogP contribution in [-0.4, -0.2) is 21.5 Å². The van der Waals surface area contributed by atoms with Crippen LogP contribution in [0.5, 0.6) is 0 Å². The Kier molecular flexibility index (Phi) is 8.25. The van der Waals surface area contributed by atoms with Gasteiger partial charge in [0.2, 0.25) is 10.0 Å². The zero-order valence-corrected chi connectivity index (χ0v) is 22.4. The van der Waals surface area contributed by atoms with Crippen molar-refractivity contribution < 1.29 is 8.42 Å². The smallest absolute Gasteiger partial charge is 0.240 e. The maximum Gasteiger partial charge on any atom is 0.240 e. The number of anilines is 1. The molecule has 34 heavy (non-hydrogen) atoms. The lowest BCUT2D eigenvalue weighted by molar-refractivity contribution is 0.358. The highest BCUT2D eigenvalue weighted by Crippen LogP contribution is 2.40. The predicted molar refractivity (Wildman–Crippen MR) is 142 cm³/mol. The van der Waals surface area contributed by atoms with Crippen LogP contribution in [0, 0.1) is 5.92 Å². The first-order valence-corrected chi connectivity index (χ1v) is 13.9. The number of halogens is 5. The number of hydrogen-bond acceptors (Lipinski definition) is 3. The van der Waals surface area contributed by atoms with Crippen molar-refractivity contribution in [1.29, 1.82) is 0 Å². The Morgan fingerprint density at radius 2 is 1.50 bits per heavy atom. The maximum absolute atomic E-state index is 12.8. The monoisotopic (exact) mass is 576 g/mol. The third-order valence-electron chi connectivity index (χ3n) is 5.92.